The molecule has 6 heteroatoms. The van der Waals surface area contributed by atoms with Crippen molar-refractivity contribution in [1.29, 1.82) is 0 Å². The molecule has 0 spiro atoms. The lowest BCUT2D eigenvalue weighted by Gasteiger charge is -2.28. The first-order valence-electron chi connectivity index (χ1n) is 9.48. The molecule has 0 saturated carbocycles. The molecule has 1 aliphatic rings. The number of nitrogens with zero attached hydrogens (tertiary/aromatic N) is 1. The van der Waals surface area contributed by atoms with Crippen molar-refractivity contribution in [3.05, 3.63) is 84.2 Å². The lowest BCUT2D eigenvalue weighted by Crippen LogP contribution is -2.34. The fourth-order valence-corrected chi connectivity index (χ4v) is 3.30. The van der Waals surface area contributed by atoms with Crippen LogP contribution in [0.15, 0.2) is 73.1 Å². The van der Waals surface area contributed by atoms with Gasteiger partial charge >= 0.3 is 0 Å². The molecule has 2 aromatic carbocycles. The maximum Gasteiger partial charge on any atom is 0.225 e. The maximum atomic E-state index is 12.0. The molecule has 0 fully saturated rings. The molecule has 0 saturated heterocycles. The second-order valence-corrected chi connectivity index (χ2v) is 6.91. The highest BCUT2D eigenvalue weighted by Crippen LogP contribution is 2.37. The van der Waals surface area contributed by atoms with Gasteiger partial charge in [0.05, 0.1) is 5.92 Å². The zero-order valence-corrected chi connectivity index (χ0v) is 15.9. The number of pyridine rings is 1. The van der Waals surface area contributed by atoms with Crippen molar-refractivity contribution in [2.75, 3.05) is 6.61 Å². The topological polar surface area (TPSA) is 83.7 Å². The van der Waals surface area contributed by atoms with Crippen LogP contribution in [-0.4, -0.2) is 23.6 Å². The Hall–Kier alpha value is -3.54. The summed E-state index contributed by atoms with van der Waals surface area (Å²) < 4.78 is 17.8. The Bertz CT molecular complexity index is 963. The standard InChI is InChI=1S/C23H22N2O4/c24-23(26)20(17-7-4-10-25-13-17)11-19-15-28-21-9-8-18(12-22(21)29-19)27-14-16-5-2-1-3-6-16/h1-10,12-13,19-20H,11,14-15H2,(H2,24,26)/t19-,20?/m1/s1. The predicted octanol–water partition coefficient (Wildman–Crippen LogP) is 3.46. The first kappa shape index (κ1) is 18.8. The van der Waals surface area contributed by atoms with Gasteiger partial charge in [-0.05, 0) is 29.3 Å². The largest absolute Gasteiger partial charge is 0.489 e. The van der Waals surface area contributed by atoms with Gasteiger partial charge in [-0.25, -0.2) is 0 Å². The van der Waals surface area contributed by atoms with E-state index >= 15 is 0 Å². The zero-order chi connectivity index (χ0) is 20.1. The average molecular weight is 390 g/mol. The van der Waals surface area contributed by atoms with E-state index in [0.29, 0.717) is 36.9 Å². The molecule has 1 amide bonds. The highest BCUT2D eigenvalue weighted by molar-refractivity contribution is 5.81. The number of primary amides is 1. The van der Waals surface area contributed by atoms with Crippen LogP contribution in [0.5, 0.6) is 17.2 Å². The van der Waals surface area contributed by atoms with Crippen LogP contribution in [-0.2, 0) is 11.4 Å². The van der Waals surface area contributed by atoms with Gasteiger partial charge < -0.3 is 19.9 Å². The first-order valence-corrected chi connectivity index (χ1v) is 9.48. The number of amides is 1. The molecule has 1 aromatic heterocycles. The Morgan fingerprint density at radius 2 is 2.00 bits per heavy atom. The number of fused-ring (bicyclic) bond motifs is 1. The Morgan fingerprint density at radius 3 is 2.76 bits per heavy atom. The Kier molecular flexibility index (Phi) is 5.61. The van der Waals surface area contributed by atoms with E-state index in [4.69, 9.17) is 19.9 Å². The van der Waals surface area contributed by atoms with Crippen molar-refractivity contribution in [1.82, 2.24) is 4.98 Å². The minimum Gasteiger partial charge on any atom is -0.489 e. The molecule has 2 heterocycles. The van der Waals surface area contributed by atoms with Gasteiger partial charge in [0.25, 0.3) is 0 Å². The second-order valence-electron chi connectivity index (χ2n) is 6.91. The third kappa shape index (κ3) is 4.66. The number of nitrogens with two attached hydrogens (primary N) is 1. The second kappa shape index (κ2) is 8.65. The number of rotatable bonds is 7. The first-order chi connectivity index (χ1) is 14.2. The number of carbonyl (C=O) groups excluding carboxylic acids is 1. The normalized spacial score (nSPS) is 16.1. The van der Waals surface area contributed by atoms with Gasteiger partial charge in [0, 0.05) is 24.9 Å². The third-order valence-electron chi connectivity index (χ3n) is 4.81. The van der Waals surface area contributed by atoms with E-state index in [1.165, 1.54) is 0 Å². The van der Waals surface area contributed by atoms with Crippen LogP contribution in [0.2, 0.25) is 0 Å². The summed E-state index contributed by atoms with van der Waals surface area (Å²) in [6.07, 6.45) is 3.43. The SMILES string of the molecule is NC(=O)C(C[C@@H]1COc2ccc(OCc3ccccc3)cc2O1)c1cccnc1. The van der Waals surface area contributed by atoms with E-state index in [2.05, 4.69) is 4.98 Å². The van der Waals surface area contributed by atoms with E-state index in [0.717, 1.165) is 11.1 Å². The molecule has 0 radical (unpaired) electrons. The molecule has 3 aromatic rings. The summed E-state index contributed by atoms with van der Waals surface area (Å²) in [7, 11) is 0. The van der Waals surface area contributed by atoms with Gasteiger partial charge in [0.15, 0.2) is 11.5 Å². The van der Waals surface area contributed by atoms with Crippen LogP contribution in [0, 0.1) is 0 Å². The van der Waals surface area contributed by atoms with Crippen molar-refractivity contribution in [2.24, 2.45) is 5.73 Å². The quantitative estimate of drug-likeness (QED) is 0.668. The van der Waals surface area contributed by atoms with Gasteiger partial charge in [-0.1, -0.05) is 36.4 Å². The molecule has 148 valence electrons. The van der Waals surface area contributed by atoms with Crippen molar-refractivity contribution >= 4 is 5.91 Å². The number of benzene rings is 2. The average Bonchev–Trinajstić information content (AvgIpc) is 2.77. The molecular formula is C23H22N2O4. The van der Waals surface area contributed by atoms with Crippen LogP contribution in [0.4, 0.5) is 0 Å². The van der Waals surface area contributed by atoms with E-state index < -0.39 is 11.8 Å². The molecule has 4 rings (SSSR count). The summed E-state index contributed by atoms with van der Waals surface area (Å²) >= 11 is 0. The fraction of sp³-hybridized carbons (Fsp3) is 0.217. The smallest absolute Gasteiger partial charge is 0.225 e. The van der Waals surface area contributed by atoms with E-state index in [-0.39, 0.29) is 6.10 Å². The minimum atomic E-state index is -0.489. The monoisotopic (exact) mass is 390 g/mol. The molecule has 29 heavy (non-hydrogen) atoms. The number of carbonyl (C=O) groups is 1. The third-order valence-corrected chi connectivity index (χ3v) is 4.81. The van der Waals surface area contributed by atoms with Crippen molar-refractivity contribution in [3.63, 3.8) is 0 Å². The summed E-state index contributed by atoms with van der Waals surface area (Å²) in [5.74, 6) is 1.05. The highest BCUT2D eigenvalue weighted by atomic mass is 16.6. The van der Waals surface area contributed by atoms with Gasteiger partial charge in [-0.15, -0.1) is 0 Å². The molecule has 0 bridgehead atoms. The van der Waals surface area contributed by atoms with Gasteiger partial charge in [-0.2, -0.15) is 0 Å². The lowest BCUT2D eigenvalue weighted by atomic mass is 9.93. The molecule has 2 N–H and O–H groups in total. The molecule has 0 aliphatic carbocycles. The Morgan fingerprint density at radius 1 is 1.14 bits per heavy atom. The summed E-state index contributed by atoms with van der Waals surface area (Å²) in [6.45, 7) is 0.815. The summed E-state index contributed by atoms with van der Waals surface area (Å²) in [5.41, 5.74) is 7.47. The van der Waals surface area contributed by atoms with E-state index in [1.807, 2.05) is 54.6 Å². The van der Waals surface area contributed by atoms with E-state index in [1.54, 1.807) is 18.5 Å². The fourth-order valence-electron chi connectivity index (χ4n) is 3.30. The van der Waals surface area contributed by atoms with Crippen LogP contribution in [0.1, 0.15) is 23.5 Å². The van der Waals surface area contributed by atoms with E-state index in [9.17, 15) is 4.79 Å². The maximum absolute atomic E-state index is 12.0. The molecule has 1 unspecified atom stereocenters. The van der Waals surface area contributed by atoms with Gasteiger partial charge in [-0.3, -0.25) is 9.78 Å². The predicted molar refractivity (Wildman–Crippen MR) is 108 cm³/mol. The van der Waals surface area contributed by atoms with Gasteiger partial charge in [0.1, 0.15) is 25.1 Å². The van der Waals surface area contributed by atoms with Crippen LogP contribution in [0.25, 0.3) is 0 Å². The van der Waals surface area contributed by atoms with Gasteiger partial charge in [0.2, 0.25) is 5.91 Å². The Labute approximate surface area is 169 Å². The van der Waals surface area contributed by atoms with Crippen molar-refractivity contribution in [3.8, 4) is 17.2 Å². The van der Waals surface area contributed by atoms with Crippen LogP contribution in [0.3, 0.4) is 0 Å². The number of ether oxygens (including phenoxy) is 3. The molecule has 6 nitrogen and oxygen atoms in total. The Balaban J connectivity index is 1.43. The zero-order valence-electron chi connectivity index (χ0n) is 15.9. The molecule has 1 aliphatic heterocycles. The number of hydrogen-bond acceptors (Lipinski definition) is 5. The lowest BCUT2D eigenvalue weighted by molar-refractivity contribution is -0.120. The summed E-state index contributed by atoms with van der Waals surface area (Å²) in [4.78, 5) is 16.0. The van der Waals surface area contributed by atoms with Crippen LogP contribution >= 0.6 is 0 Å². The van der Waals surface area contributed by atoms with Crippen LogP contribution < -0.4 is 19.9 Å². The minimum absolute atomic E-state index is 0.301. The number of hydrogen-bond donors (Lipinski definition) is 1. The van der Waals surface area contributed by atoms with Crippen molar-refractivity contribution < 1.29 is 19.0 Å². The number of aromatic nitrogens is 1. The summed E-state index contributed by atoms with van der Waals surface area (Å²) in [5, 5.41) is 0. The highest BCUT2D eigenvalue weighted by Gasteiger charge is 2.28. The molecular weight excluding hydrogens is 368 g/mol. The summed E-state index contributed by atoms with van der Waals surface area (Å²) in [6, 6.07) is 19.1. The molecule has 2 atom stereocenters. The van der Waals surface area contributed by atoms with Crippen molar-refractivity contribution in [2.45, 2.75) is 25.0 Å².